The predicted octanol–water partition coefficient (Wildman–Crippen LogP) is 6.01. The van der Waals surface area contributed by atoms with E-state index in [0.717, 1.165) is 6.42 Å². The predicted molar refractivity (Wildman–Crippen MR) is 86.5 cm³/mol. The Bertz CT molecular complexity index is 175. The van der Waals surface area contributed by atoms with Gasteiger partial charge in [0, 0.05) is 0 Å². The van der Waals surface area contributed by atoms with Gasteiger partial charge in [-0.1, -0.05) is 76.7 Å². The maximum atomic E-state index is 9.14. The minimum atomic E-state index is -0.105. The van der Waals surface area contributed by atoms with Gasteiger partial charge >= 0.3 is 0 Å². The van der Waals surface area contributed by atoms with Crippen molar-refractivity contribution in [1.29, 1.82) is 0 Å². The summed E-state index contributed by atoms with van der Waals surface area (Å²) in [5.74, 6) is 0. The van der Waals surface area contributed by atoms with Crippen molar-refractivity contribution in [3.63, 3.8) is 0 Å². The first-order valence-electron chi connectivity index (χ1n) is 8.56. The average molecular weight is 268 g/mol. The van der Waals surface area contributed by atoms with E-state index in [4.69, 9.17) is 5.11 Å². The van der Waals surface area contributed by atoms with Gasteiger partial charge in [-0.3, -0.25) is 0 Å². The van der Waals surface area contributed by atoms with Crippen LogP contribution >= 0.6 is 0 Å². The van der Waals surface area contributed by atoms with Crippen molar-refractivity contribution < 1.29 is 5.11 Å². The highest BCUT2D eigenvalue weighted by Crippen LogP contribution is 2.13. The Balaban J connectivity index is 2.93. The second kappa shape index (κ2) is 15.8. The van der Waals surface area contributed by atoms with Gasteiger partial charge in [0.05, 0.1) is 6.10 Å². The van der Waals surface area contributed by atoms with E-state index in [1.165, 1.54) is 83.5 Å². The SMILES string of the molecule is C=CCCCCCCCCCCCCCCC(C)O. The maximum Gasteiger partial charge on any atom is 0.0512 e. The molecular weight excluding hydrogens is 232 g/mol. The lowest BCUT2D eigenvalue weighted by molar-refractivity contribution is 0.180. The van der Waals surface area contributed by atoms with Gasteiger partial charge < -0.3 is 5.11 Å². The van der Waals surface area contributed by atoms with E-state index >= 15 is 0 Å². The maximum absolute atomic E-state index is 9.14. The second-order valence-corrected chi connectivity index (χ2v) is 5.96. The fourth-order valence-electron chi connectivity index (χ4n) is 2.50. The molecule has 1 heteroatoms. The Hall–Kier alpha value is -0.300. The molecule has 0 aliphatic rings. The number of aliphatic hydroxyl groups excluding tert-OH is 1. The molecule has 19 heavy (non-hydrogen) atoms. The largest absolute Gasteiger partial charge is 0.393 e. The monoisotopic (exact) mass is 268 g/mol. The molecule has 0 aromatic rings. The summed E-state index contributed by atoms with van der Waals surface area (Å²) in [7, 11) is 0. The Morgan fingerprint density at radius 3 is 1.47 bits per heavy atom. The molecule has 0 rings (SSSR count). The van der Waals surface area contributed by atoms with Gasteiger partial charge in [-0.05, 0) is 26.2 Å². The molecule has 1 atom stereocenters. The van der Waals surface area contributed by atoms with Crippen LogP contribution in [0.2, 0.25) is 0 Å². The Morgan fingerprint density at radius 1 is 0.737 bits per heavy atom. The first kappa shape index (κ1) is 18.7. The summed E-state index contributed by atoms with van der Waals surface area (Å²) in [6.07, 6.45) is 20.6. The molecule has 1 N–H and O–H groups in total. The van der Waals surface area contributed by atoms with Crippen molar-refractivity contribution in [3.8, 4) is 0 Å². The van der Waals surface area contributed by atoms with E-state index in [0.29, 0.717) is 0 Å². The lowest BCUT2D eigenvalue weighted by Crippen LogP contribution is -1.98. The van der Waals surface area contributed by atoms with Crippen LogP contribution in [0.1, 0.15) is 96.8 Å². The molecule has 0 aromatic carbocycles. The number of hydrogen-bond donors (Lipinski definition) is 1. The van der Waals surface area contributed by atoms with Crippen LogP contribution in [0.5, 0.6) is 0 Å². The van der Waals surface area contributed by atoms with Crippen molar-refractivity contribution >= 4 is 0 Å². The van der Waals surface area contributed by atoms with Crippen molar-refractivity contribution in [2.45, 2.75) is 103 Å². The minimum absolute atomic E-state index is 0.105. The molecular formula is C18H36O. The zero-order valence-corrected chi connectivity index (χ0v) is 13.2. The summed E-state index contributed by atoms with van der Waals surface area (Å²) in [6, 6.07) is 0. The molecule has 0 radical (unpaired) electrons. The van der Waals surface area contributed by atoms with Gasteiger partial charge in [0.25, 0.3) is 0 Å². The van der Waals surface area contributed by atoms with Crippen molar-refractivity contribution in [1.82, 2.24) is 0 Å². The Morgan fingerprint density at radius 2 is 1.11 bits per heavy atom. The smallest absolute Gasteiger partial charge is 0.0512 e. The second-order valence-electron chi connectivity index (χ2n) is 5.96. The highest BCUT2D eigenvalue weighted by Gasteiger charge is 1.96. The Kier molecular flexibility index (Phi) is 15.5. The molecule has 0 heterocycles. The first-order valence-corrected chi connectivity index (χ1v) is 8.56. The van der Waals surface area contributed by atoms with Gasteiger partial charge in [0.15, 0.2) is 0 Å². The summed E-state index contributed by atoms with van der Waals surface area (Å²) in [5, 5.41) is 9.14. The van der Waals surface area contributed by atoms with E-state index in [9.17, 15) is 0 Å². The molecule has 0 aliphatic carbocycles. The highest BCUT2D eigenvalue weighted by atomic mass is 16.3. The fourth-order valence-corrected chi connectivity index (χ4v) is 2.50. The Labute approximate surface area is 121 Å². The van der Waals surface area contributed by atoms with Crippen LogP contribution in [0.3, 0.4) is 0 Å². The van der Waals surface area contributed by atoms with Crippen molar-refractivity contribution in [2.75, 3.05) is 0 Å². The van der Waals surface area contributed by atoms with Crippen molar-refractivity contribution in [3.05, 3.63) is 12.7 Å². The van der Waals surface area contributed by atoms with E-state index < -0.39 is 0 Å². The van der Waals surface area contributed by atoms with Gasteiger partial charge in [0.1, 0.15) is 0 Å². The average Bonchev–Trinajstić information content (AvgIpc) is 2.39. The van der Waals surface area contributed by atoms with Crippen LogP contribution in [0, 0.1) is 0 Å². The molecule has 0 spiro atoms. The van der Waals surface area contributed by atoms with Crippen LogP contribution in [0.4, 0.5) is 0 Å². The third kappa shape index (κ3) is 17.7. The summed E-state index contributed by atoms with van der Waals surface area (Å²) in [5.41, 5.74) is 0. The molecule has 0 saturated carbocycles. The zero-order chi connectivity index (χ0) is 14.2. The topological polar surface area (TPSA) is 20.2 Å². The number of unbranched alkanes of at least 4 members (excludes halogenated alkanes) is 12. The zero-order valence-electron chi connectivity index (χ0n) is 13.2. The lowest BCUT2D eigenvalue weighted by Gasteiger charge is -2.04. The molecule has 0 aromatic heterocycles. The van der Waals surface area contributed by atoms with Crippen LogP contribution < -0.4 is 0 Å². The molecule has 1 nitrogen and oxygen atoms in total. The molecule has 0 saturated heterocycles. The quantitative estimate of drug-likeness (QED) is 0.284. The minimum Gasteiger partial charge on any atom is -0.393 e. The third-order valence-electron chi connectivity index (χ3n) is 3.78. The lowest BCUT2D eigenvalue weighted by atomic mass is 10.0. The van der Waals surface area contributed by atoms with Crippen LogP contribution in [-0.4, -0.2) is 11.2 Å². The summed E-state index contributed by atoms with van der Waals surface area (Å²) in [6.45, 7) is 5.64. The third-order valence-corrected chi connectivity index (χ3v) is 3.78. The van der Waals surface area contributed by atoms with E-state index in [-0.39, 0.29) is 6.10 Å². The standard InChI is InChI=1S/C18H36O/c1-3-4-5-6-7-8-9-10-11-12-13-14-15-16-17-18(2)19/h3,18-19H,1,4-17H2,2H3. The fraction of sp³-hybridized carbons (Fsp3) is 0.889. The van der Waals surface area contributed by atoms with Gasteiger partial charge in [-0.2, -0.15) is 0 Å². The van der Waals surface area contributed by atoms with Gasteiger partial charge in [-0.25, -0.2) is 0 Å². The molecule has 114 valence electrons. The number of allylic oxidation sites excluding steroid dienone is 1. The van der Waals surface area contributed by atoms with Gasteiger partial charge in [0.2, 0.25) is 0 Å². The van der Waals surface area contributed by atoms with Crippen LogP contribution in [0.25, 0.3) is 0 Å². The first-order chi connectivity index (χ1) is 9.27. The van der Waals surface area contributed by atoms with Crippen LogP contribution in [-0.2, 0) is 0 Å². The molecule has 0 amide bonds. The van der Waals surface area contributed by atoms with E-state index in [1.54, 1.807) is 0 Å². The summed E-state index contributed by atoms with van der Waals surface area (Å²) >= 11 is 0. The summed E-state index contributed by atoms with van der Waals surface area (Å²) < 4.78 is 0. The van der Waals surface area contributed by atoms with E-state index in [1.807, 2.05) is 13.0 Å². The molecule has 0 aliphatic heterocycles. The molecule has 0 fully saturated rings. The normalized spacial score (nSPS) is 12.5. The number of rotatable bonds is 15. The molecule has 1 unspecified atom stereocenters. The highest BCUT2D eigenvalue weighted by molar-refractivity contribution is 4.65. The van der Waals surface area contributed by atoms with Gasteiger partial charge in [-0.15, -0.1) is 6.58 Å². The van der Waals surface area contributed by atoms with Crippen LogP contribution in [0.15, 0.2) is 12.7 Å². The number of hydrogen-bond acceptors (Lipinski definition) is 1. The van der Waals surface area contributed by atoms with E-state index in [2.05, 4.69) is 6.58 Å². The molecule has 0 bridgehead atoms. The summed E-state index contributed by atoms with van der Waals surface area (Å²) in [4.78, 5) is 0. The van der Waals surface area contributed by atoms with Crippen molar-refractivity contribution in [2.24, 2.45) is 0 Å². The number of aliphatic hydroxyl groups is 1.